The summed E-state index contributed by atoms with van der Waals surface area (Å²) in [5, 5.41) is 0.770. The van der Waals surface area contributed by atoms with Gasteiger partial charge in [0.05, 0.1) is 35.4 Å². The average Bonchev–Trinajstić information content (AvgIpc) is 3.45. The number of rotatable bonds is 7. The third kappa shape index (κ3) is 3.85. The topological polar surface area (TPSA) is 95.6 Å². The number of nitrogens with one attached hydrogen (secondary N) is 1. The van der Waals surface area contributed by atoms with Crippen LogP contribution in [0.4, 0.5) is 11.4 Å². The third-order valence-electron chi connectivity index (χ3n) is 7.03. The minimum absolute atomic E-state index is 0.0957. The molecule has 8 heteroatoms. The van der Waals surface area contributed by atoms with Gasteiger partial charge in [0.25, 0.3) is 0 Å². The van der Waals surface area contributed by atoms with Crippen LogP contribution in [-0.2, 0) is 14.8 Å². The number of hydrogen-bond donors (Lipinski definition) is 2. The van der Waals surface area contributed by atoms with Crippen molar-refractivity contribution >= 4 is 32.3 Å². The third-order valence-corrected chi connectivity index (χ3v) is 8.90. The van der Waals surface area contributed by atoms with E-state index in [9.17, 15) is 8.42 Å². The Bertz CT molecular complexity index is 1290. The molecule has 2 saturated carbocycles. The molecular weight excluding hydrogens is 438 g/mol. The van der Waals surface area contributed by atoms with Gasteiger partial charge in [-0.1, -0.05) is 12.1 Å². The van der Waals surface area contributed by atoms with Crippen LogP contribution < -0.4 is 15.2 Å². The van der Waals surface area contributed by atoms with Crippen LogP contribution in [0.2, 0.25) is 0 Å². The lowest BCUT2D eigenvalue weighted by Gasteiger charge is -2.30. The van der Waals surface area contributed by atoms with E-state index in [1.54, 1.807) is 0 Å². The highest BCUT2D eigenvalue weighted by Crippen LogP contribution is 2.45. The first kappa shape index (κ1) is 20.9. The van der Waals surface area contributed by atoms with Gasteiger partial charge in [0.2, 0.25) is 10.0 Å². The lowest BCUT2D eigenvalue weighted by molar-refractivity contribution is 0.141. The monoisotopic (exact) mass is 467 g/mol. The summed E-state index contributed by atoms with van der Waals surface area (Å²) in [6, 6.07) is 14.1. The van der Waals surface area contributed by atoms with Crippen LogP contribution in [0, 0.1) is 0 Å². The van der Waals surface area contributed by atoms with Gasteiger partial charge in [-0.25, -0.2) is 8.42 Å². The van der Waals surface area contributed by atoms with Gasteiger partial charge in [-0.05, 0) is 56.4 Å². The zero-order chi connectivity index (χ0) is 22.6. The zero-order valence-electron chi connectivity index (χ0n) is 18.5. The first-order valence-corrected chi connectivity index (χ1v) is 13.3. The molecule has 33 heavy (non-hydrogen) atoms. The van der Waals surface area contributed by atoms with Crippen molar-refractivity contribution in [1.82, 2.24) is 4.57 Å². The summed E-state index contributed by atoms with van der Waals surface area (Å²) in [5.41, 5.74) is 11.1. The fourth-order valence-electron chi connectivity index (χ4n) is 4.83. The fourth-order valence-corrected chi connectivity index (χ4v) is 6.22. The molecule has 3 aromatic rings. The van der Waals surface area contributed by atoms with E-state index in [0.717, 1.165) is 72.3 Å². The number of nitrogens with two attached hydrogens (primary N) is 1. The number of benzene rings is 2. The maximum Gasteiger partial charge on any atom is 0.235 e. The van der Waals surface area contributed by atoms with Crippen LogP contribution in [0.3, 0.4) is 0 Å². The quantitative estimate of drug-likeness (QED) is 0.526. The molecule has 0 spiro atoms. The number of anilines is 2. The number of aromatic nitrogens is 1. The Morgan fingerprint density at radius 3 is 2.45 bits per heavy atom. The molecule has 1 unspecified atom stereocenters. The first-order valence-electron chi connectivity index (χ1n) is 11.8. The van der Waals surface area contributed by atoms with Crippen LogP contribution >= 0.6 is 0 Å². The SMILES string of the molecule is Nc1c(-c2ccc(NS(=O)(=O)C3CC3)cc2)n(C2CCC2)c2cc(OC3CCOC3)ccc12. The highest BCUT2D eigenvalue weighted by Gasteiger charge is 2.35. The maximum atomic E-state index is 12.3. The Hall–Kier alpha value is -2.71. The van der Waals surface area contributed by atoms with Gasteiger partial charge in [-0.3, -0.25) is 4.72 Å². The van der Waals surface area contributed by atoms with E-state index in [2.05, 4.69) is 15.4 Å². The molecule has 2 heterocycles. The molecule has 3 aliphatic rings. The molecule has 6 rings (SSSR count). The second-order valence-corrected chi connectivity index (χ2v) is 11.4. The van der Waals surface area contributed by atoms with Crippen LogP contribution in [0.25, 0.3) is 22.2 Å². The van der Waals surface area contributed by atoms with Gasteiger partial charge in [-0.2, -0.15) is 0 Å². The minimum Gasteiger partial charge on any atom is -0.488 e. The Morgan fingerprint density at radius 2 is 1.82 bits per heavy atom. The summed E-state index contributed by atoms with van der Waals surface area (Å²) in [6.07, 6.45) is 5.94. The molecule has 174 valence electrons. The van der Waals surface area contributed by atoms with E-state index in [1.165, 1.54) is 6.42 Å². The fraction of sp³-hybridized carbons (Fsp3) is 0.440. The molecule has 3 N–H and O–H groups in total. The average molecular weight is 468 g/mol. The van der Waals surface area contributed by atoms with Gasteiger partial charge in [-0.15, -0.1) is 0 Å². The van der Waals surface area contributed by atoms with Crippen molar-refractivity contribution in [3.63, 3.8) is 0 Å². The van der Waals surface area contributed by atoms with Crippen molar-refractivity contribution in [2.75, 3.05) is 23.7 Å². The van der Waals surface area contributed by atoms with Gasteiger partial charge in [0.15, 0.2) is 0 Å². The molecule has 1 atom stereocenters. The molecule has 1 aromatic heterocycles. The second-order valence-electron chi connectivity index (χ2n) is 9.42. The normalized spacial score (nSPS) is 21.3. The van der Waals surface area contributed by atoms with Crippen LogP contribution in [0.15, 0.2) is 42.5 Å². The number of fused-ring (bicyclic) bond motifs is 1. The summed E-state index contributed by atoms with van der Waals surface area (Å²) in [6.45, 7) is 1.38. The molecule has 0 amide bonds. The summed E-state index contributed by atoms with van der Waals surface area (Å²) < 4.78 is 41.2. The molecule has 7 nitrogen and oxygen atoms in total. The van der Waals surface area contributed by atoms with E-state index in [0.29, 0.717) is 18.3 Å². The van der Waals surface area contributed by atoms with Gasteiger partial charge in [0, 0.05) is 35.2 Å². The summed E-state index contributed by atoms with van der Waals surface area (Å²) >= 11 is 0. The van der Waals surface area contributed by atoms with Crippen LogP contribution in [0.1, 0.15) is 44.6 Å². The molecule has 0 radical (unpaired) electrons. The molecule has 2 aliphatic carbocycles. The van der Waals surface area contributed by atoms with E-state index in [-0.39, 0.29) is 11.4 Å². The van der Waals surface area contributed by atoms with Crippen molar-refractivity contribution in [3.8, 4) is 17.0 Å². The minimum atomic E-state index is -3.28. The smallest absolute Gasteiger partial charge is 0.235 e. The lowest BCUT2D eigenvalue weighted by atomic mass is 9.92. The predicted octanol–water partition coefficient (Wildman–Crippen LogP) is 4.69. The molecular formula is C25H29N3O4S. The van der Waals surface area contributed by atoms with Gasteiger partial charge >= 0.3 is 0 Å². The van der Waals surface area contributed by atoms with E-state index in [1.807, 2.05) is 36.4 Å². The molecule has 1 saturated heterocycles. The Kier molecular flexibility index (Phi) is 5.03. The first-order chi connectivity index (χ1) is 16.0. The van der Waals surface area contributed by atoms with E-state index in [4.69, 9.17) is 15.2 Å². The van der Waals surface area contributed by atoms with E-state index >= 15 is 0 Å². The lowest BCUT2D eigenvalue weighted by Crippen LogP contribution is -2.18. The number of hydrogen-bond acceptors (Lipinski definition) is 5. The van der Waals surface area contributed by atoms with Crippen molar-refractivity contribution in [1.29, 1.82) is 0 Å². The van der Waals surface area contributed by atoms with E-state index < -0.39 is 10.0 Å². The summed E-state index contributed by atoms with van der Waals surface area (Å²) in [4.78, 5) is 0. The standard InChI is InChI=1S/C25H29N3O4S/c26-24-22-11-8-19(32-20-12-13-31-15-20)14-23(22)28(18-2-1-3-18)25(24)16-4-6-17(7-5-16)27-33(29,30)21-9-10-21/h4-8,11,14,18,20-21,27H,1-3,9-10,12-13,15,26H2. The number of nitrogens with zero attached hydrogens (tertiary/aromatic N) is 1. The molecule has 2 aromatic carbocycles. The maximum absolute atomic E-state index is 12.3. The molecule has 1 aliphatic heterocycles. The predicted molar refractivity (Wildman–Crippen MR) is 130 cm³/mol. The number of sulfonamides is 1. The van der Waals surface area contributed by atoms with Crippen molar-refractivity contribution in [2.24, 2.45) is 0 Å². The largest absolute Gasteiger partial charge is 0.488 e. The Balaban J connectivity index is 1.37. The van der Waals surface area contributed by atoms with Gasteiger partial charge in [0.1, 0.15) is 11.9 Å². The van der Waals surface area contributed by atoms with Gasteiger partial charge < -0.3 is 19.8 Å². The highest BCUT2D eigenvalue weighted by molar-refractivity contribution is 7.93. The number of ether oxygens (including phenoxy) is 2. The van der Waals surface area contributed by atoms with Crippen molar-refractivity contribution < 1.29 is 17.9 Å². The number of nitrogen functional groups attached to an aromatic ring is 1. The zero-order valence-corrected chi connectivity index (χ0v) is 19.3. The van der Waals surface area contributed by atoms with Crippen molar-refractivity contribution in [3.05, 3.63) is 42.5 Å². The van der Waals surface area contributed by atoms with Crippen molar-refractivity contribution in [2.45, 2.75) is 55.9 Å². The summed E-state index contributed by atoms with van der Waals surface area (Å²) in [7, 11) is -3.28. The summed E-state index contributed by atoms with van der Waals surface area (Å²) in [5.74, 6) is 0.840. The molecule has 0 bridgehead atoms. The highest BCUT2D eigenvalue weighted by atomic mass is 32.2. The Morgan fingerprint density at radius 1 is 1.03 bits per heavy atom. The molecule has 3 fully saturated rings. The van der Waals surface area contributed by atoms with Crippen LogP contribution in [-0.4, -0.2) is 37.6 Å². The Labute approximate surface area is 193 Å². The second kappa shape index (κ2) is 7.95. The van der Waals surface area contributed by atoms with Crippen LogP contribution in [0.5, 0.6) is 5.75 Å².